The van der Waals surface area contributed by atoms with Gasteiger partial charge in [0.25, 0.3) is 5.91 Å². The summed E-state index contributed by atoms with van der Waals surface area (Å²) in [4.78, 5) is 12.5. The first-order valence-corrected chi connectivity index (χ1v) is 9.14. The van der Waals surface area contributed by atoms with E-state index in [4.69, 9.17) is 4.74 Å². The van der Waals surface area contributed by atoms with Crippen molar-refractivity contribution in [1.29, 1.82) is 0 Å². The van der Waals surface area contributed by atoms with Crippen LogP contribution < -0.4 is 15.4 Å². The lowest BCUT2D eigenvalue weighted by Gasteiger charge is -2.23. The molecule has 2 aromatic rings. The van der Waals surface area contributed by atoms with E-state index in [9.17, 15) is 4.79 Å². The molecule has 0 bridgehead atoms. The zero-order valence-corrected chi connectivity index (χ0v) is 15.7. The molecule has 2 N–H and O–H groups in total. The molecule has 0 saturated carbocycles. The third kappa shape index (κ3) is 4.04. The van der Waals surface area contributed by atoms with Gasteiger partial charge in [0.1, 0.15) is 5.75 Å². The Balaban J connectivity index is 1.60. The van der Waals surface area contributed by atoms with Gasteiger partial charge >= 0.3 is 0 Å². The van der Waals surface area contributed by atoms with Crippen molar-refractivity contribution in [3.8, 4) is 5.75 Å². The van der Waals surface area contributed by atoms with Crippen LogP contribution in [0.15, 0.2) is 18.2 Å². The second-order valence-corrected chi connectivity index (χ2v) is 6.77. The smallest absolute Gasteiger partial charge is 0.273 e. The molecule has 140 valence electrons. The monoisotopic (exact) mass is 357 g/mol. The largest absolute Gasteiger partial charge is 0.496 e. The zero-order chi connectivity index (χ0) is 18.5. The molecular weight excluding hydrogens is 330 g/mol. The molecule has 1 aromatic heterocycles. The fourth-order valence-electron chi connectivity index (χ4n) is 3.45. The second-order valence-electron chi connectivity index (χ2n) is 6.77. The molecule has 1 saturated heterocycles. The van der Waals surface area contributed by atoms with Crippen LogP contribution in [0.5, 0.6) is 5.75 Å². The van der Waals surface area contributed by atoms with Gasteiger partial charge in [-0.2, -0.15) is 0 Å². The Kier molecular flexibility index (Phi) is 5.88. The maximum absolute atomic E-state index is 12.5. The first-order valence-electron chi connectivity index (χ1n) is 9.14. The fraction of sp³-hybridized carbons (Fsp3) is 0.526. The molecule has 26 heavy (non-hydrogen) atoms. The van der Waals surface area contributed by atoms with Gasteiger partial charge in [-0.25, -0.2) is 4.68 Å². The van der Waals surface area contributed by atoms with Gasteiger partial charge in [0, 0.05) is 6.54 Å². The Labute approximate surface area is 154 Å². The summed E-state index contributed by atoms with van der Waals surface area (Å²) in [5.74, 6) is 0.673. The lowest BCUT2D eigenvalue weighted by Crippen LogP contribution is -2.30. The molecule has 0 spiro atoms. The summed E-state index contributed by atoms with van der Waals surface area (Å²) in [6.07, 6.45) is 2.73. The van der Waals surface area contributed by atoms with Crippen molar-refractivity contribution < 1.29 is 9.53 Å². The lowest BCUT2D eigenvalue weighted by molar-refractivity contribution is 0.0948. The van der Waals surface area contributed by atoms with Crippen LogP contribution in [-0.4, -0.2) is 47.6 Å². The molecule has 0 radical (unpaired) electrons. The Morgan fingerprint density at radius 1 is 1.35 bits per heavy atom. The van der Waals surface area contributed by atoms with Crippen LogP contribution in [0.3, 0.4) is 0 Å². The van der Waals surface area contributed by atoms with Crippen LogP contribution in [0.4, 0.5) is 0 Å². The van der Waals surface area contributed by atoms with E-state index in [-0.39, 0.29) is 5.91 Å². The number of carbonyl (C=O) groups is 1. The van der Waals surface area contributed by atoms with Crippen LogP contribution in [0.25, 0.3) is 0 Å². The molecule has 1 aliphatic heterocycles. The van der Waals surface area contributed by atoms with Gasteiger partial charge in [0.2, 0.25) is 0 Å². The zero-order valence-electron chi connectivity index (χ0n) is 15.7. The van der Waals surface area contributed by atoms with Crippen LogP contribution in [0.1, 0.15) is 46.2 Å². The molecule has 3 rings (SSSR count). The number of carbonyl (C=O) groups excluding carboxylic acids is 1. The van der Waals surface area contributed by atoms with E-state index < -0.39 is 0 Å². The molecule has 1 amide bonds. The van der Waals surface area contributed by atoms with Gasteiger partial charge in [-0.05, 0) is 57.8 Å². The molecular formula is C19H27N5O2. The number of rotatable bonds is 6. The van der Waals surface area contributed by atoms with Crippen molar-refractivity contribution in [2.75, 3.05) is 26.7 Å². The van der Waals surface area contributed by atoms with E-state index in [0.29, 0.717) is 24.7 Å². The van der Waals surface area contributed by atoms with Crippen LogP contribution in [-0.2, 0) is 6.42 Å². The second kappa shape index (κ2) is 8.31. The van der Waals surface area contributed by atoms with Crippen molar-refractivity contribution in [3.05, 3.63) is 40.7 Å². The van der Waals surface area contributed by atoms with Crippen molar-refractivity contribution in [2.24, 2.45) is 0 Å². The van der Waals surface area contributed by atoms with Crippen molar-refractivity contribution in [1.82, 2.24) is 25.6 Å². The van der Waals surface area contributed by atoms with E-state index in [0.717, 1.165) is 42.9 Å². The molecule has 0 aliphatic carbocycles. The quantitative estimate of drug-likeness (QED) is 0.824. The Morgan fingerprint density at radius 3 is 2.85 bits per heavy atom. The average Bonchev–Trinajstić information content (AvgIpc) is 3.04. The third-order valence-electron chi connectivity index (χ3n) is 4.91. The standard InChI is InChI=1S/C19H27N5O2/c1-13-4-5-17(26-3)15(12-13)6-11-21-19(25)18-14(2)24(23-22-18)16-7-9-20-10-8-16/h4-5,12,16,20H,6-11H2,1-3H3,(H,21,25). The first-order chi connectivity index (χ1) is 12.6. The molecule has 2 heterocycles. The Hall–Kier alpha value is -2.41. The highest BCUT2D eigenvalue weighted by atomic mass is 16.5. The van der Waals surface area contributed by atoms with Gasteiger partial charge in [-0.3, -0.25) is 4.79 Å². The highest BCUT2D eigenvalue weighted by Gasteiger charge is 2.22. The van der Waals surface area contributed by atoms with Crippen molar-refractivity contribution >= 4 is 5.91 Å². The third-order valence-corrected chi connectivity index (χ3v) is 4.91. The number of hydrogen-bond donors (Lipinski definition) is 2. The minimum atomic E-state index is -0.172. The summed E-state index contributed by atoms with van der Waals surface area (Å²) >= 11 is 0. The predicted octanol–water partition coefficient (Wildman–Crippen LogP) is 1.80. The summed E-state index contributed by atoms with van der Waals surface area (Å²) in [6.45, 7) is 6.44. The van der Waals surface area contributed by atoms with Gasteiger partial charge < -0.3 is 15.4 Å². The lowest BCUT2D eigenvalue weighted by atomic mass is 10.1. The Morgan fingerprint density at radius 2 is 2.12 bits per heavy atom. The maximum Gasteiger partial charge on any atom is 0.273 e. The van der Waals surface area contributed by atoms with E-state index in [2.05, 4.69) is 27.0 Å². The first kappa shape index (κ1) is 18.4. The predicted molar refractivity (Wildman–Crippen MR) is 99.7 cm³/mol. The van der Waals surface area contributed by atoms with Gasteiger partial charge in [0.05, 0.1) is 18.8 Å². The minimum absolute atomic E-state index is 0.172. The highest BCUT2D eigenvalue weighted by Crippen LogP contribution is 2.21. The summed E-state index contributed by atoms with van der Waals surface area (Å²) < 4.78 is 7.29. The van der Waals surface area contributed by atoms with Crippen molar-refractivity contribution in [2.45, 2.75) is 39.2 Å². The molecule has 1 aliphatic rings. The fourth-order valence-corrected chi connectivity index (χ4v) is 3.45. The molecule has 7 nitrogen and oxygen atoms in total. The van der Waals surface area contributed by atoms with E-state index in [1.807, 2.05) is 30.7 Å². The molecule has 0 unspecified atom stereocenters. The van der Waals surface area contributed by atoms with Gasteiger partial charge in [-0.15, -0.1) is 5.10 Å². The summed E-state index contributed by atoms with van der Waals surface area (Å²) in [5.41, 5.74) is 3.51. The van der Waals surface area contributed by atoms with E-state index in [1.54, 1.807) is 7.11 Å². The minimum Gasteiger partial charge on any atom is -0.496 e. The number of nitrogens with one attached hydrogen (secondary N) is 2. The number of benzene rings is 1. The number of aromatic nitrogens is 3. The van der Waals surface area contributed by atoms with E-state index >= 15 is 0 Å². The maximum atomic E-state index is 12.5. The average molecular weight is 357 g/mol. The number of amides is 1. The number of ether oxygens (including phenoxy) is 1. The molecule has 0 atom stereocenters. The Bertz CT molecular complexity index is 765. The molecule has 1 fully saturated rings. The number of hydrogen-bond acceptors (Lipinski definition) is 5. The number of methoxy groups -OCH3 is 1. The van der Waals surface area contributed by atoms with Crippen LogP contribution in [0, 0.1) is 13.8 Å². The van der Waals surface area contributed by atoms with Crippen molar-refractivity contribution in [3.63, 3.8) is 0 Å². The summed E-state index contributed by atoms with van der Waals surface area (Å²) in [5, 5.41) is 14.6. The van der Waals surface area contributed by atoms with Crippen LogP contribution in [0.2, 0.25) is 0 Å². The summed E-state index contributed by atoms with van der Waals surface area (Å²) in [6, 6.07) is 6.38. The number of aryl methyl sites for hydroxylation is 1. The number of piperidine rings is 1. The number of nitrogens with zero attached hydrogens (tertiary/aromatic N) is 3. The van der Waals surface area contributed by atoms with E-state index in [1.165, 1.54) is 5.56 Å². The topological polar surface area (TPSA) is 81.1 Å². The van der Waals surface area contributed by atoms with Crippen LogP contribution >= 0.6 is 0 Å². The van der Waals surface area contributed by atoms with Gasteiger partial charge in [-0.1, -0.05) is 22.9 Å². The SMILES string of the molecule is COc1ccc(C)cc1CCNC(=O)c1nnn(C2CCNCC2)c1C. The normalized spacial score (nSPS) is 15.0. The molecule has 1 aromatic carbocycles. The summed E-state index contributed by atoms with van der Waals surface area (Å²) in [7, 11) is 1.66. The highest BCUT2D eigenvalue weighted by molar-refractivity contribution is 5.93. The molecule has 7 heteroatoms. The van der Waals surface area contributed by atoms with Gasteiger partial charge in [0.15, 0.2) is 5.69 Å².